The summed E-state index contributed by atoms with van der Waals surface area (Å²) in [5.74, 6) is 0. The fourth-order valence-corrected chi connectivity index (χ4v) is 3.52. The van der Waals surface area contributed by atoms with Crippen LogP contribution in [0.4, 0.5) is 0 Å². The van der Waals surface area contributed by atoms with E-state index in [4.69, 9.17) is 0 Å². The molecule has 0 nitrogen and oxygen atoms in total. The molecule has 0 aliphatic rings. The van der Waals surface area contributed by atoms with Crippen LogP contribution in [0.5, 0.6) is 0 Å². The van der Waals surface area contributed by atoms with Gasteiger partial charge in [0.05, 0.1) is 0 Å². The molecule has 0 heterocycles. The first kappa shape index (κ1) is 25.2. The Morgan fingerprint density at radius 1 is 0.520 bits per heavy atom. The van der Waals surface area contributed by atoms with E-state index in [1.807, 2.05) is 0 Å². The Morgan fingerprint density at radius 2 is 0.880 bits per heavy atom. The van der Waals surface area contributed by atoms with Crippen LogP contribution in [0.1, 0.15) is 117 Å². The maximum Gasteiger partial charge on any atom is 1.00 e. The maximum absolute atomic E-state index is 2.30. The van der Waals surface area contributed by atoms with Crippen molar-refractivity contribution in [3.05, 3.63) is 35.9 Å². The number of hydrogen-bond acceptors (Lipinski definition) is 0. The smallest absolute Gasteiger partial charge is 1.00 e. The third kappa shape index (κ3) is 17.4. The number of benzene rings is 1. The summed E-state index contributed by atoms with van der Waals surface area (Å²) < 4.78 is 0. The summed E-state index contributed by atoms with van der Waals surface area (Å²) in [7, 11) is 0. The van der Waals surface area contributed by atoms with Crippen LogP contribution in [0.2, 0.25) is 0 Å². The summed E-state index contributed by atoms with van der Waals surface area (Å²) in [4.78, 5) is 0. The Morgan fingerprint density at radius 3 is 1.28 bits per heavy atom. The van der Waals surface area contributed by atoms with Gasteiger partial charge in [-0.05, 0) is 18.4 Å². The van der Waals surface area contributed by atoms with Gasteiger partial charge >= 0.3 is 29.6 Å². The quantitative estimate of drug-likeness (QED) is 0.252. The molecule has 0 atom stereocenters. The van der Waals surface area contributed by atoms with Crippen molar-refractivity contribution in [1.29, 1.82) is 0 Å². The summed E-state index contributed by atoms with van der Waals surface area (Å²) in [6, 6.07) is 10.9. The molecule has 1 rings (SSSR count). The summed E-state index contributed by atoms with van der Waals surface area (Å²) in [6.07, 6.45) is 24.4. The predicted octanol–water partition coefficient (Wildman–Crippen LogP) is 5.61. The molecule has 1 aromatic rings. The van der Waals surface area contributed by atoms with Crippen molar-refractivity contribution in [2.24, 2.45) is 0 Å². The van der Waals surface area contributed by atoms with Crippen LogP contribution in [0.25, 0.3) is 0 Å². The second-order valence-corrected chi connectivity index (χ2v) is 7.54. The van der Waals surface area contributed by atoms with Crippen molar-refractivity contribution in [3.8, 4) is 0 Å². The monoisotopic (exact) mass is 354 g/mol. The number of hydrogen-bond donors (Lipinski definition) is 0. The minimum atomic E-state index is 0. The van der Waals surface area contributed by atoms with Gasteiger partial charge in [0.25, 0.3) is 0 Å². The van der Waals surface area contributed by atoms with E-state index in [9.17, 15) is 0 Å². The molecule has 0 saturated heterocycles. The van der Waals surface area contributed by atoms with Crippen LogP contribution in [0.15, 0.2) is 30.3 Å². The predicted molar refractivity (Wildman–Crippen MR) is 111 cm³/mol. The molecule has 0 spiro atoms. The van der Waals surface area contributed by atoms with Crippen LogP contribution in [0.3, 0.4) is 0 Å². The van der Waals surface area contributed by atoms with Gasteiger partial charge in [-0.15, -0.1) is 0 Å². The number of aryl methyl sites for hydroxylation is 1. The summed E-state index contributed by atoms with van der Waals surface area (Å²) in [5.41, 5.74) is 1.50. The molecule has 1 heteroatoms. The Kier molecular flexibility index (Phi) is 20.7. The minimum absolute atomic E-state index is 0. The molecule has 0 bridgehead atoms. The van der Waals surface area contributed by atoms with Gasteiger partial charge in [0.2, 0.25) is 0 Å². The largest absolute Gasteiger partial charge is 1.00 e. The van der Waals surface area contributed by atoms with Crippen LogP contribution in [-0.4, -0.2) is 0 Å². The van der Waals surface area contributed by atoms with Crippen molar-refractivity contribution >= 4 is 0 Å². The van der Waals surface area contributed by atoms with Crippen LogP contribution < -0.4 is 29.6 Å². The van der Waals surface area contributed by atoms with Crippen molar-refractivity contribution in [3.63, 3.8) is 0 Å². The van der Waals surface area contributed by atoms with Gasteiger partial charge in [-0.3, -0.25) is 0 Å². The zero-order chi connectivity index (χ0) is 17.1. The van der Waals surface area contributed by atoms with Gasteiger partial charge < -0.3 is 1.43 Å². The molecule has 140 valence electrons. The van der Waals surface area contributed by atoms with E-state index in [0.717, 1.165) is 0 Å². The van der Waals surface area contributed by atoms with Crippen LogP contribution in [0, 0.1) is 0 Å². The Balaban J connectivity index is 0. The molecule has 25 heavy (non-hydrogen) atoms. The Bertz CT molecular complexity index is 352. The molecule has 0 unspecified atom stereocenters. The average molecular weight is 355 g/mol. The van der Waals surface area contributed by atoms with E-state index < -0.39 is 0 Å². The van der Waals surface area contributed by atoms with Gasteiger partial charge in [0.15, 0.2) is 0 Å². The molecule has 0 N–H and O–H groups in total. The van der Waals surface area contributed by atoms with E-state index in [-0.39, 0.29) is 31.0 Å². The Labute approximate surface area is 182 Å². The van der Waals surface area contributed by atoms with Crippen molar-refractivity contribution < 1.29 is 31.0 Å². The van der Waals surface area contributed by atoms with E-state index in [1.165, 1.54) is 115 Å². The summed E-state index contributed by atoms with van der Waals surface area (Å²) >= 11 is 0. The fraction of sp³-hybridized carbons (Fsp3) is 0.750. The molecule has 0 radical (unpaired) electrons. The van der Waals surface area contributed by atoms with Crippen LogP contribution in [-0.2, 0) is 6.42 Å². The first-order chi connectivity index (χ1) is 11.9. The summed E-state index contributed by atoms with van der Waals surface area (Å²) in [5, 5.41) is 0. The van der Waals surface area contributed by atoms with Gasteiger partial charge in [-0.25, -0.2) is 0 Å². The number of rotatable bonds is 17. The topological polar surface area (TPSA) is 0 Å². The third-order valence-corrected chi connectivity index (χ3v) is 5.16. The molecule has 1 aromatic carbocycles. The van der Waals surface area contributed by atoms with Crippen molar-refractivity contribution in [2.45, 2.75) is 116 Å². The fourth-order valence-electron chi connectivity index (χ4n) is 3.52. The average Bonchev–Trinajstić information content (AvgIpc) is 2.62. The minimum Gasteiger partial charge on any atom is -1.00 e. The second-order valence-electron chi connectivity index (χ2n) is 7.54. The SMILES string of the molecule is CCCCCCCCCCCCCCCCCCc1ccccc1.[H-].[Na+]. The van der Waals surface area contributed by atoms with Crippen molar-refractivity contribution in [2.75, 3.05) is 0 Å². The number of unbranched alkanes of at least 4 members (excludes halogenated alkanes) is 15. The van der Waals surface area contributed by atoms with Gasteiger partial charge in [-0.1, -0.05) is 134 Å². The van der Waals surface area contributed by atoms with Crippen molar-refractivity contribution in [1.82, 2.24) is 0 Å². The van der Waals surface area contributed by atoms with Crippen LogP contribution >= 0.6 is 0 Å². The molecule has 0 aromatic heterocycles. The molecule has 0 saturated carbocycles. The summed E-state index contributed by atoms with van der Waals surface area (Å²) in [6.45, 7) is 2.30. The first-order valence-electron chi connectivity index (χ1n) is 11.0. The van der Waals surface area contributed by atoms with Gasteiger partial charge in [0.1, 0.15) is 0 Å². The zero-order valence-corrected chi connectivity index (χ0v) is 19.4. The molecular weight excluding hydrogens is 311 g/mol. The maximum atomic E-state index is 2.30. The normalized spacial score (nSPS) is 10.6. The molecule has 0 aliphatic heterocycles. The second kappa shape index (κ2) is 20.5. The zero-order valence-electron chi connectivity index (χ0n) is 18.4. The standard InChI is InChI=1S/C24H42.Na.H/c1-2-3-4-5-6-7-8-9-10-11-12-13-14-15-16-18-21-24-22-19-17-20-23-24;;/h17,19-20,22-23H,2-16,18,21H2,1H3;;/q;+1;-1. The third-order valence-electron chi connectivity index (χ3n) is 5.16. The molecule has 0 aliphatic carbocycles. The van der Waals surface area contributed by atoms with Gasteiger partial charge in [-0.2, -0.15) is 0 Å². The molecule has 0 amide bonds. The Hall–Kier alpha value is 0.220. The van der Waals surface area contributed by atoms with Gasteiger partial charge in [0, 0.05) is 0 Å². The van der Waals surface area contributed by atoms with E-state index in [2.05, 4.69) is 37.3 Å². The van der Waals surface area contributed by atoms with E-state index in [0.29, 0.717) is 0 Å². The molecule has 0 fully saturated rings. The molecular formula is C24H43Na. The van der Waals surface area contributed by atoms with E-state index in [1.54, 1.807) is 0 Å². The van der Waals surface area contributed by atoms with E-state index >= 15 is 0 Å². The first-order valence-corrected chi connectivity index (χ1v) is 11.0.